The Hall–Kier alpha value is -3.58. The largest absolute Gasteiger partial charge is 0.497 e. The molecular formula is C29H36N3O5S+. The number of benzene rings is 3. The molecule has 0 saturated heterocycles. The number of nitrogens with zero attached hydrogens (tertiary/aromatic N) is 3. The van der Waals surface area contributed by atoms with Crippen molar-refractivity contribution in [1.29, 1.82) is 5.26 Å². The predicted octanol–water partition coefficient (Wildman–Crippen LogP) is 3.59. The molecular weight excluding hydrogens is 502 g/mol. The van der Waals surface area contributed by atoms with Crippen molar-refractivity contribution in [3.8, 4) is 17.6 Å². The van der Waals surface area contributed by atoms with Gasteiger partial charge in [0.15, 0.2) is 0 Å². The van der Waals surface area contributed by atoms with Gasteiger partial charge in [-0.15, -0.1) is 0 Å². The minimum Gasteiger partial charge on any atom is -0.497 e. The highest BCUT2D eigenvalue weighted by Gasteiger charge is 2.23. The molecule has 3 aromatic rings. The summed E-state index contributed by atoms with van der Waals surface area (Å²) in [4.78, 5) is 0. The number of aliphatic hydroxyl groups excluding tert-OH is 1. The summed E-state index contributed by atoms with van der Waals surface area (Å²) in [5.41, 5.74) is 2.59. The van der Waals surface area contributed by atoms with Crippen LogP contribution in [0.1, 0.15) is 16.7 Å². The molecule has 3 aromatic carbocycles. The number of ether oxygens (including phenoxy) is 2. The van der Waals surface area contributed by atoms with Crippen molar-refractivity contribution in [2.45, 2.75) is 19.1 Å². The molecule has 202 valence electrons. The Kier molecular flexibility index (Phi) is 9.75. The lowest BCUT2D eigenvalue weighted by molar-refractivity contribution is -0.893. The normalized spacial score (nSPS) is 12.4. The van der Waals surface area contributed by atoms with Crippen LogP contribution in [0.25, 0.3) is 0 Å². The Morgan fingerprint density at radius 1 is 1.03 bits per heavy atom. The van der Waals surface area contributed by atoms with Gasteiger partial charge in [0.2, 0.25) is 10.0 Å². The lowest BCUT2D eigenvalue weighted by Crippen LogP contribution is -2.48. The van der Waals surface area contributed by atoms with Crippen molar-refractivity contribution in [1.82, 2.24) is 0 Å². The van der Waals surface area contributed by atoms with Crippen molar-refractivity contribution < 1.29 is 27.5 Å². The molecule has 1 unspecified atom stereocenters. The number of anilines is 1. The number of aliphatic hydroxyl groups is 1. The maximum Gasteiger partial charge on any atom is 0.232 e. The molecule has 0 aromatic heterocycles. The highest BCUT2D eigenvalue weighted by Crippen LogP contribution is 2.28. The molecule has 0 heterocycles. The maximum absolute atomic E-state index is 12.5. The summed E-state index contributed by atoms with van der Waals surface area (Å²) in [5, 5.41) is 20.4. The van der Waals surface area contributed by atoms with E-state index in [1.807, 2.05) is 54.6 Å². The summed E-state index contributed by atoms with van der Waals surface area (Å²) in [6, 6.07) is 24.0. The monoisotopic (exact) mass is 538 g/mol. The highest BCUT2D eigenvalue weighted by molar-refractivity contribution is 7.92. The molecule has 1 N–H and O–H groups in total. The fourth-order valence-electron chi connectivity index (χ4n) is 4.16. The van der Waals surface area contributed by atoms with Gasteiger partial charge in [0.1, 0.15) is 36.8 Å². The molecule has 0 spiro atoms. The van der Waals surface area contributed by atoms with Crippen LogP contribution in [0.15, 0.2) is 72.8 Å². The quantitative estimate of drug-likeness (QED) is 0.334. The molecule has 0 aliphatic carbocycles. The third kappa shape index (κ3) is 8.48. The van der Waals surface area contributed by atoms with Crippen molar-refractivity contribution in [2.75, 3.05) is 51.5 Å². The van der Waals surface area contributed by atoms with Crippen LogP contribution in [0.5, 0.6) is 11.5 Å². The van der Waals surface area contributed by atoms with Crippen LogP contribution in [0.2, 0.25) is 0 Å². The number of methoxy groups -OCH3 is 1. The Morgan fingerprint density at radius 2 is 1.71 bits per heavy atom. The number of nitriles is 1. The van der Waals surface area contributed by atoms with Crippen LogP contribution in [0.3, 0.4) is 0 Å². The minimum atomic E-state index is -3.59. The van der Waals surface area contributed by atoms with Gasteiger partial charge in [0.05, 0.1) is 51.8 Å². The van der Waals surface area contributed by atoms with Crippen LogP contribution in [-0.4, -0.2) is 71.3 Å². The second-order valence-corrected chi connectivity index (χ2v) is 11.9. The van der Waals surface area contributed by atoms with Crippen LogP contribution in [-0.2, 0) is 23.0 Å². The molecule has 0 fully saturated rings. The molecule has 0 aliphatic rings. The van der Waals surface area contributed by atoms with Crippen molar-refractivity contribution in [3.63, 3.8) is 0 Å². The van der Waals surface area contributed by atoms with Gasteiger partial charge in [0, 0.05) is 6.42 Å². The summed E-state index contributed by atoms with van der Waals surface area (Å²) >= 11 is 0. The molecule has 0 amide bonds. The fraction of sp³-hybridized carbons (Fsp3) is 0.345. The molecule has 9 heteroatoms. The van der Waals surface area contributed by atoms with Gasteiger partial charge in [-0.1, -0.05) is 42.5 Å². The van der Waals surface area contributed by atoms with Gasteiger partial charge in [-0.2, -0.15) is 5.26 Å². The van der Waals surface area contributed by atoms with Crippen LogP contribution >= 0.6 is 0 Å². The molecule has 0 radical (unpaired) electrons. The van der Waals surface area contributed by atoms with Crippen LogP contribution in [0, 0.1) is 11.3 Å². The average molecular weight is 539 g/mol. The van der Waals surface area contributed by atoms with Gasteiger partial charge < -0.3 is 19.1 Å². The fourth-order valence-corrected chi connectivity index (χ4v) is 5.04. The van der Waals surface area contributed by atoms with E-state index in [1.54, 1.807) is 19.2 Å². The van der Waals surface area contributed by atoms with Gasteiger partial charge in [-0.05, 0) is 41.5 Å². The number of quaternary nitrogens is 1. The summed E-state index contributed by atoms with van der Waals surface area (Å²) in [6.07, 6.45) is 1.24. The second-order valence-electron chi connectivity index (χ2n) is 9.95. The highest BCUT2D eigenvalue weighted by atomic mass is 32.2. The number of hydrogen-bond acceptors (Lipinski definition) is 6. The van der Waals surface area contributed by atoms with E-state index in [1.165, 1.54) is 15.9 Å². The van der Waals surface area contributed by atoms with Crippen LogP contribution < -0.4 is 13.8 Å². The maximum atomic E-state index is 12.5. The first-order valence-corrected chi connectivity index (χ1v) is 14.2. The first-order valence-electron chi connectivity index (χ1n) is 12.3. The first-order chi connectivity index (χ1) is 18.0. The van der Waals surface area contributed by atoms with E-state index >= 15 is 0 Å². The molecule has 0 bridgehead atoms. The number of sulfonamides is 1. The lowest BCUT2D eigenvalue weighted by atomic mass is 10.1. The molecule has 38 heavy (non-hydrogen) atoms. The van der Waals surface area contributed by atoms with Gasteiger partial charge in [0.25, 0.3) is 0 Å². The number of rotatable bonds is 13. The van der Waals surface area contributed by atoms with E-state index in [2.05, 4.69) is 20.2 Å². The summed E-state index contributed by atoms with van der Waals surface area (Å²) in [7, 11) is 2.15. The van der Waals surface area contributed by atoms with E-state index in [0.29, 0.717) is 22.5 Å². The van der Waals surface area contributed by atoms with E-state index in [9.17, 15) is 18.8 Å². The summed E-state index contributed by atoms with van der Waals surface area (Å²) in [6.45, 7) is 1.45. The molecule has 3 rings (SSSR count). The molecule has 0 aliphatic heterocycles. The Balaban J connectivity index is 1.62. The minimum absolute atomic E-state index is 0.0120. The van der Waals surface area contributed by atoms with Gasteiger partial charge in [-0.3, -0.25) is 4.31 Å². The van der Waals surface area contributed by atoms with Crippen molar-refractivity contribution in [3.05, 3.63) is 89.5 Å². The SMILES string of the molecule is COc1ccc(CC[N+](C)(C)CC(O)COc2ccc(N(Cc3ccccc3)S(C)(=O)=O)cc2C#N)cc1. The smallest absolute Gasteiger partial charge is 0.232 e. The topological polar surface area (TPSA) is 99.9 Å². The van der Waals surface area contributed by atoms with Gasteiger partial charge in [-0.25, -0.2) is 8.42 Å². The second kappa shape index (κ2) is 12.8. The standard InChI is InChI=1S/C29H36N3O5S/c1-32(2,17-16-23-10-13-28(36-3)14-11-23)21-27(33)22-37-29-15-12-26(18-25(29)19-30)31(38(4,34)35)20-24-8-6-5-7-9-24/h5-15,18,27,33H,16-17,20-22H2,1-4H3/q+1. The zero-order valence-corrected chi connectivity index (χ0v) is 23.2. The van der Waals surface area contributed by atoms with Crippen molar-refractivity contribution >= 4 is 15.7 Å². The zero-order chi connectivity index (χ0) is 27.8. The Bertz CT molecular complexity index is 1340. The van der Waals surface area contributed by atoms with E-state index in [0.717, 1.165) is 30.5 Å². The number of hydrogen-bond donors (Lipinski definition) is 1. The van der Waals surface area contributed by atoms with Crippen molar-refractivity contribution in [2.24, 2.45) is 0 Å². The van der Waals surface area contributed by atoms with E-state index < -0.39 is 16.1 Å². The average Bonchev–Trinajstić information content (AvgIpc) is 2.89. The summed E-state index contributed by atoms with van der Waals surface area (Å²) < 4.78 is 37.9. The Morgan fingerprint density at radius 3 is 2.32 bits per heavy atom. The first kappa shape index (κ1) is 29.0. The van der Waals surface area contributed by atoms with E-state index in [4.69, 9.17) is 9.47 Å². The molecule has 1 atom stereocenters. The lowest BCUT2D eigenvalue weighted by Gasteiger charge is -2.32. The number of likely N-dealkylation sites (N-methyl/N-ethyl adjacent to an activating group) is 1. The Labute approximate surface area is 225 Å². The molecule has 0 saturated carbocycles. The van der Waals surface area contributed by atoms with Crippen LogP contribution in [0.4, 0.5) is 5.69 Å². The summed E-state index contributed by atoms with van der Waals surface area (Å²) in [5.74, 6) is 1.12. The third-order valence-electron chi connectivity index (χ3n) is 6.24. The molecule has 8 nitrogen and oxygen atoms in total. The van der Waals surface area contributed by atoms with Gasteiger partial charge >= 0.3 is 0 Å². The zero-order valence-electron chi connectivity index (χ0n) is 22.4. The predicted molar refractivity (Wildman–Crippen MR) is 149 cm³/mol. The van der Waals surface area contributed by atoms with E-state index in [-0.39, 0.29) is 18.7 Å². The third-order valence-corrected chi connectivity index (χ3v) is 7.38.